The Morgan fingerprint density at radius 3 is 2.86 bits per heavy atom. The number of carbonyl (C=O) groups is 1. The van der Waals surface area contributed by atoms with E-state index in [-0.39, 0.29) is 16.5 Å². The molecule has 0 fully saturated rings. The van der Waals surface area contributed by atoms with Gasteiger partial charge in [0.1, 0.15) is 5.02 Å². The molecule has 0 saturated carbocycles. The Kier molecular flexibility index (Phi) is 4.84. The summed E-state index contributed by atoms with van der Waals surface area (Å²) in [7, 11) is 0. The number of nitrogens with one attached hydrogen (secondary N) is 1. The number of hydrogen-bond acceptors (Lipinski definition) is 7. The Morgan fingerprint density at radius 1 is 1.55 bits per heavy atom. The predicted octanol–water partition coefficient (Wildman–Crippen LogP) is 3.66. The number of ketones is 1. The Morgan fingerprint density at radius 2 is 2.27 bits per heavy atom. The summed E-state index contributed by atoms with van der Waals surface area (Å²) >= 11 is 6.93. The van der Waals surface area contributed by atoms with Gasteiger partial charge in [-0.2, -0.15) is 5.10 Å². The molecule has 0 bridgehead atoms. The summed E-state index contributed by atoms with van der Waals surface area (Å²) in [6, 6.07) is 4.36. The largest absolute Gasteiger partial charge is 0.294 e. The quantitative estimate of drug-likeness (QED) is 0.388. The first-order valence-electron chi connectivity index (χ1n) is 6.10. The van der Waals surface area contributed by atoms with E-state index in [1.165, 1.54) is 36.6 Å². The molecule has 0 amide bonds. The molecule has 2 rings (SSSR count). The van der Waals surface area contributed by atoms with Gasteiger partial charge in [0.05, 0.1) is 21.7 Å². The number of hydrogen-bond donors (Lipinski definition) is 1. The van der Waals surface area contributed by atoms with E-state index in [4.69, 9.17) is 11.6 Å². The molecule has 1 aromatic carbocycles. The fourth-order valence-corrected chi connectivity index (χ4v) is 2.68. The van der Waals surface area contributed by atoms with Crippen molar-refractivity contribution in [1.29, 1.82) is 0 Å². The summed E-state index contributed by atoms with van der Waals surface area (Å²) in [5, 5.41) is 15.3. The zero-order chi connectivity index (χ0) is 16.3. The molecule has 2 aromatic rings. The van der Waals surface area contributed by atoms with Crippen molar-refractivity contribution in [3.63, 3.8) is 0 Å². The number of anilines is 1. The molecule has 0 unspecified atom stereocenters. The van der Waals surface area contributed by atoms with Crippen LogP contribution in [-0.4, -0.2) is 21.9 Å². The van der Waals surface area contributed by atoms with Crippen molar-refractivity contribution in [2.45, 2.75) is 13.8 Å². The van der Waals surface area contributed by atoms with Gasteiger partial charge in [0.2, 0.25) is 5.13 Å². The summed E-state index contributed by atoms with van der Waals surface area (Å²) in [5.41, 5.74) is 3.66. The highest BCUT2D eigenvalue weighted by Crippen LogP contribution is 2.25. The van der Waals surface area contributed by atoms with E-state index in [1.54, 1.807) is 13.0 Å². The Balaban J connectivity index is 2.13. The lowest BCUT2D eigenvalue weighted by molar-refractivity contribution is -0.384. The average molecular weight is 339 g/mol. The standard InChI is InChI=1S/C13H11ClN4O3S/c1-7-12(8(2)19)22-13(16-7)17-15-6-9-3-4-10(14)11(5-9)18(20)21/h3-6H,1-2H3,(H,16,17)/b15-6-. The van der Waals surface area contributed by atoms with Crippen molar-refractivity contribution in [2.24, 2.45) is 5.10 Å². The third kappa shape index (κ3) is 3.66. The molecule has 0 aliphatic rings. The monoisotopic (exact) mass is 338 g/mol. The molecule has 0 radical (unpaired) electrons. The highest BCUT2D eigenvalue weighted by molar-refractivity contribution is 7.17. The first kappa shape index (κ1) is 16.1. The third-order valence-electron chi connectivity index (χ3n) is 2.66. The van der Waals surface area contributed by atoms with E-state index in [2.05, 4.69) is 15.5 Å². The lowest BCUT2D eigenvalue weighted by Gasteiger charge is -1.97. The molecule has 7 nitrogen and oxygen atoms in total. The normalized spacial score (nSPS) is 10.9. The van der Waals surface area contributed by atoms with Crippen LogP contribution in [0.25, 0.3) is 0 Å². The van der Waals surface area contributed by atoms with Crippen LogP contribution in [0.15, 0.2) is 23.3 Å². The number of nitro benzene ring substituents is 1. The van der Waals surface area contributed by atoms with Crippen molar-refractivity contribution < 1.29 is 9.72 Å². The number of benzene rings is 1. The maximum Gasteiger partial charge on any atom is 0.288 e. The molecule has 1 heterocycles. The van der Waals surface area contributed by atoms with E-state index in [9.17, 15) is 14.9 Å². The number of nitrogens with zero attached hydrogens (tertiary/aromatic N) is 3. The average Bonchev–Trinajstić information content (AvgIpc) is 2.81. The highest BCUT2D eigenvalue weighted by atomic mass is 35.5. The fourth-order valence-electron chi connectivity index (χ4n) is 1.68. The number of hydrazone groups is 1. The molecular weight excluding hydrogens is 328 g/mol. The first-order valence-corrected chi connectivity index (χ1v) is 7.29. The summed E-state index contributed by atoms with van der Waals surface area (Å²) in [6.07, 6.45) is 1.41. The maximum absolute atomic E-state index is 11.3. The van der Waals surface area contributed by atoms with E-state index in [0.717, 1.165) is 0 Å². The van der Waals surface area contributed by atoms with Crippen molar-refractivity contribution in [3.05, 3.63) is 49.5 Å². The van der Waals surface area contributed by atoms with Gasteiger partial charge in [0.15, 0.2) is 5.78 Å². The second-order valence-electron chi connectivity index (χ2n) is 4.33. The van der Waals surface area contributed by atoms with Crippen LogP contribution in [0.2, 0.25) is 5.02 Å². The van der Waals surface area contributed by atoms with Gasteiger partial charge in [-0.3, -0.25) is 20.3 Å². The molecule has 1 aromatic heterocycles. The van der Waals surface area contributed by atoms with Gasteiger partial charge < -0.3 is 0 Å². The van der Waals surface area contributed by atoms with Crippen LogP contribution < -0.4 is 5.43 Å². The molecule has 0 saturated heterocycles. The number of thiazole rings is 1. The van der Waals surface area contributed by atoms with Crippen molar-refractivity contribution in [3.8, 4) is 0 Å². The zero-order valence-electron chi connectivity index (χ0n) is 11.7. The van der Waals surface area contributed by atoms with Crippen molar-refractivity contribution in [1.82, 2.24) is 4.98 Å². The smallest absolute Gasteiger partial charge is 0.288 e. The SMILES string of the molecule is CC(=O)c1sc(N/N=C\c2ccc(Cl)c([N+](=O)[O-])c2)nc1C. The van der Waals surface area contributed by atoms with Crippen molar-refractivity contribution >= 4 is 45.8 Å². The second kappa shape index (κ2) is 6.63. The summed E-state index contributed by atoms with van der Waals surface area (Å²) < 4.78 is 0. The number of aryl methyl sites for hydroxylation is 1. The van der Waals surface area contributed by atoms with Crippen LogP contribution in [0.1, 0.15) is 27.9 Å². The fraction of sp³-hybridized carbons (Fsp3) is 0.154. The van der Waals surface area contributed by atoms with Crippen LogP contribution in [0.5, 0.6) is 0 Å². The molecular formula is C13H11ClN4O3S. The van der Waals surface area contributed by atoms with Gasteiger partial charge in [0.25, 0.3) is 5.69 Å². The minimum atomic E-state index is -0.559. The summed E-state index contributed by atoms with van der Waals surface area (Å²) in [6.45, 7) is 3.21. The van der Waals surface area contributed by atoms with E-state index in [1.807, 2.05) is 0 Å². The Labute approximate surface area is 134 Å². The van der Waals surface area contributed by atoms with Gasteiger partial charge in [-0.1, -0.05) is 29.0 Å². The molecule has 0 aliphatic heterocycles. The van der Waals surface area contributed by atoms with E-state index >= 15 is 0 Å². The molecule has 1 N–H and O–H groups in total. The minimum absolute atomic E-state index is 0.0552. The molecule has 0 atom stereocenters. The van der Waals surface area contributed by atoms with Gasteiger partial charge in [-0.05, 0) is 13.0 Å². The highest BCUT2D eigenvalue weighted by Gasteiger charge is 2.12. The van der Waals surface area contributed by atoms with Gasteiger partial charge in [0, 0.05) is 18.6 Å². The number of Topliss-reactive ketones (excluding diaryl/α,β-unsaturated/α-hetero) is 1. The second-order valence-corrected chi connectivity index (χ2v) is 5.73. The van der Waals surface area contributed by atoms with Gasteiger partial charge in [-0.25, -0.2) is 4.98 Å². The lowest BCUT2D eigenvalue weighted by Crippen LogP contribution is -1.93. The Bertz CT molecular complexity index is 773. The predicted molar refractivity (Wildman–Crippen MR) is 86.2 cm³/mol. The topological polar surface area (TPSA) is 97.5 Å². The number of aromatic nitrogens is 1. The number of rotatable bonds is 5. The van der Waals surface area contributed by atoms with Gasteiger partial charge >= 0.3 is 0 Å². The van der Waals surface area contributed by atoms with Crippen LogP contribution in [0, 0.1) is 17.0 Å². The van der Waals surface area contributed by atoms with E-state index < -0.39 is 4.92 Å². The summed E-state index contributed by atoms with van der Waals surface area (Å²) in [5.74, 6) is -0.0552. The van der Waals surface area contributed by atoms with Crippen molar-refractivity contribution in [2.75, 3.05) is 5.43 Å². The molecule has 114 valence electrons. The number of nitro groups is 1. The van der Waals surface area contributed by atoms with Gasteiger partial charge in [-0.15, -0.1) is 0 Å². The summed E-state index contributed by atoms with van der Waals surface area (Å²) in [4.78, 5) is 26.3. The van der Waals surface area contributed by atoms with Crippen LogP contribution in [0.4, 0.5) is 10.8 Å². The minimum Gasteiger partial charge on any atom is -0.294 e. The number of halogens is 1. The van der Waals surface area contributed by atoms with E-state index in [0.29, 0.717) is 21.3 Å². The molecule has 9 heteroatoms. The molecule has 0 aliphatic carbocycles. The Hall–Kier alpha value is -2.32. The third-order valence-corrected chi connectivity index (χ3v) is 4.14. The zero-order valence-corrected chi connectivity index (χ0v) is 13.2. The van der Waals surface area contributed by atoms with Crippen LogP contribution in [0.3, 0.4) is 0 Å². The number of carbonyl (C=O) groups excluding carboxylic acids is 1. The van der Waals surface area contributed by atoms with Crippen LogP contribution >= 0.6 is 22.9 Å². The first-order chi connectivity index (χ1) is 10.4. The maximum atomic E-state index is 11.3. The lowest BCUT2D eigenvalue weighted by atomic mass is 10.2. The van der Waals surface area contributed by atoms with Crippen LogP contribution in [-0.2, 0) is 0 Å². The molecule has 0 spiro atoms. The molecule has 22 heavy (non-hydrogen) atoms.